The minimum Gasteiger partial charge on any atom is -0.393 e. The summed E-state index contributed by atoms with van der Waals surface area (Å²) in [4.78, 5) is 31.8. The molecule has 0 aliphatic carbocycles. The van der Waals surface area contributed by atoms with E-state index < -0.39 is 0 Å². The Labute approximate surface area is 126 Å². The lowest BCUT2D eigenvalue weighted by Gasteiger charge is -2.08. The Morgan fingerprint density at radius 3 is 2.71 bits per heavy atom. The Hall–Kier alpha value is -1.54. The van der Waals surface area contributed by atoms with Gasteiger partial charge in [0.2, 0.25) is 0 Å². The molecule has 116 valence electrons. The topological polar surface area (TPSA) is 92.9 Å². The highest BCUT2D eigenvalue weighted by molar-refractivity contribution is 7.98. The average Bonchev–Trinajstić information content (AvgIpc) is 2.88. The van der Waals surface area contributed by atoms with Crippen molar-refractivity contribution in [1.29, 1.82) is 0 Å². The average molecular weight is 312 g/mol. The van der Waals surface area contributed by atoms with E-state index in [0.29, 0.717) is 35.7 Å². The van der Waals surface area contributed by atoms with Gasteiger partial charge in [-0.2, -0.15) is 0 Å². The van der Waals surface area contributed by atoms with Crippen LogP contribution in [0.25, 0.3) is 11.2 Å². The lowest BCUT2D eigenvalue weighted by Crippen LogP contribution is -2.39. The van der Waals surface area contributed by atoms with Gasteiger partial charge in [-0.1, -0.05) is 11.8 Å². The Kier molecular flexibility index (Phi) is 4.89. The van der Waals surface area contributed by atoms with Crippen molar-refractivity contribution < 1.29 is 5.11 Å². The summed E-state index contributed by atoms with van der Waals surface area (Å²) in [6.07, 6.45) is 3.60. The van der Waals surface area contributed by atoms with E-state index in [2.05, 4.69) is 9.97 Å². The molecule has 0 bridgehead atoms. The first kappa shape index (κ1) is 15.8. The molecule has 0 spiro atoms. The molecule has 7 nitrogen and oxygen atoms in total. The van der Waals surface area contributed by atoms with Crippen LogP contribution in [0.4, 0.5) is 0 Å². The van der Waals surface area contributed by atoms with Crippen LogP contribution in [0.2, 0.25) is 0 Å². The SMILES string of the molecule is CSc1nc2c([nH]1)c(=O)n(CCCCC(C)O)c(=O)n2C. The molecule has 2 rings (SSSR count). The maximum Gasteiger partial charge on any atom is 0.332 e. The van der Waals surface area contributed by atoms with E-state index in [9.17, 15) is 14.7 Å². The summed E-state index contributed by atoms with van der Waals surface area (Å²) < 4.78 is 2.62. The second-order valence-corrected chi connectivity index (χ2v) is 5.88. The zero-order valence-electron chi connectivity index (χ0n) is 12.4. The predicted octanol–water partition coefficient (Wildman–Crippen LogP) is 0.696. The molecule has 0 saturated heterocycles. The molecule has 0 radical (unpaired) electrons. The number of aliphatic hydroxyl groups excluding tert-OH is 1. The third kappa shape index (κ3) is 3.21. The van der Waals surface area contributed by atoms with Gasteiger partial charge >= 0.3 is 5.69 Å². The molecule has 21 heavy (non-hydrogen) atoms. The van der Waals surface area contributed by atoms with Crippen LogP contribution >= 0.6 is 11.8 Å². The first-order valence-electron chi connectivity index (χ1n) is 6.87. The van der Waals surface area contributed by atoms with Crippen molar-refractivity contribution in [3.05, 3.63) is 20.8 Å². The number of thioether (sulfide) groups is 1. The van der Waals surface area contributed by atoms with Crippen LogP contribution in [0.15, 0.2) is 14.7 Å². The molecule has 0 aliphatic heterocycles. The fourth-order valence-electron chi connectivity index (χ4n) is 2.23. The molecule has 2 heterocycles. The number of aliphatic hydroxyl groups is 1. The minimum atomic E-state index is -0.358. The lowest BCUT2D eigenvalue weighted by molar-refractivity contribution is 0.180. The molecule has 2 N–H and O–H groups in total. The molecule has 2 aromatic rings. The Balaban J connectivity index is 2.35. The number of unbranched alkanes of at least 4 members (excludes halogenated alkanes) is 1. The van der Waals surface area contributed by atoms with Crippen molar-refractivity contribution in [2.75, 3.05) is 6.26 Å². The summed E-state index contributed by atoms with van der Waals surface area (Å²) in [5.41, 5.74) is 0.0493. The standard InChI is InChI=1S/C13H20N4O3S/c1-8(18)6-4-5-7-17-11(19)9-10(16(2)13(17)20)15-12(14-9)21-3/h8,18H,4-7H2,1-3H3,(H,14,15). The van der Waals surface area contributed by atoms with Crippen LogP contribution in [0, 0.1) is 0 Å². The predicted molar refractivity (Wildman–Crippen MR) is 82.9 cm³/mol. The quantitative estimate of drug-likeness (QED) is 0.605. The van der Waals surface area contributed by atoms with Crippen molar-refractivity contribution in [1.82, 2.24) is 19.1 Å². The molecular weight excluding hydrogens is 292 g/mol. The van der Waals surface area contributed by atoms with Crippen LogP contribution < -0.4 is 11.2 Å². The van der Waals surface area contributed by atoms with Gasteiger partial charge < -0.3 is 10.1 Å². The summed E-state index contributed by atoms with van der Waals surface area (Å²) in [7, 11) is 1.61. The molecular formula is C13H20N4O3S. The number of nitrogens with one attached hydrogen (secondary N) is 1. The summed E-state index contributed by atoms with van der Waals surface area (Å²) in [6, 6.07) is 0. The number of aromatic amines is 1. The summed E-state index contributed by atoms with van der Waals surface area (Å²) >= 11 is 1.39. The van der Waals surface area contributed by atoms with Crippen LogP contribution in [-0.2, 0) is 13.6 Å². The number of H-pyrrole nitrogens is 1. The molecule has 0 amide bonds. The normalized spacial score (nSPS) is 13.0. The van der Waals surface area contributed by atoms with Crippen molar-refractivity contribution in [3.63, 3.8) is 0 Å². The smallest absolute Gasteiger partial charge is 0.332 e. The zero-order chi connectivity index (χ0) is 15.6. The van der Waals surface area contributed by atoms with E-state index >= 15 is 0 Å². The lowest BCUT2D eigenvalue weighted by atomic mass is 10.2. The number of nitrogens with zero attached hydrogens (tertiary/aromatic N) is 3. The maximum absolute atomic E-state index is 12.4. The van der Waals surface area contributed by atoms with Gasteiger partial charge in [0.1, 0.15) is 0 Å². The largest absolute Gasteiger partial charge is 0.393 e. The number of fused-ring (bicyclic) bond motifs is 1. The molecule has 0 saturated carbocycles. The Bertz CT molecular complexity index is 744. The van der Waals surface area contributed by atoms with E-state index in [1.54, 1.807) is 14.0 Å². The zero-order valence-corrected chi connectivity index (χ0v) is 13.2. The second kappa shape index (κ2) is 6.48. The first-order chi connectivity index (χ1) is 9.95. The highest BCUT2D eigenvalue weighted by atomic mass is 32.2. The number of hydrogen-bond donors (Lipinski definition) is 2. The number of aryl methyl sites for hydroxylation is 1. The van der Waals surface area contributed by atoms with Gasteiger partial charge in [0, 0.05) is 13.6 Å². The molecule has 0 fully saturated rings. The molecule has 0 aromatic carbocycles. The van der Waals surface area contributed by atoms with E-state index in [1.165, 1.54) is 20.9 Å². The summed E-state index contributed by atoms with van der Waals surface area (Å²) in [6.45, 7) is 2.08. The van der Waals surface area contributed by atoms with E-state index in [4.69, 9.17) is 0 Å². The molecule has 0 aliphatic rings. The highest BCUT2D eigenvalue weighted by Gasteiger charge is 2.14. The van der Waals surface area contributed by atoms with Gasteiger partial charge in [-0.15, -0.1) is 0 Å². The van der Waals surface area contributed by atoms with E-state index in [-0.39, 0.29) is 17.4 Å². The Morgan fingerprint density at radius 2 is 2.10 bits per heavy atom. The molecule has 2 aromatic heterocycles. The maximum atomic E-state index is 12.4. The number of aromatic nitrogens is 4. The fourth-order valence-corrected chi connectivity index (χ4v) is 2.61. The van der Waals surface area contributed by atoms with Gasteiger partial charge in [0.05, 0.1) is 6.10 Å². The number of hydrogen-bond acceptors (Lipinski definition) is 5. The van der Waals surface area contributed by atoms with Crippen molar-refractivity contribution in [2.45, 2.75) is 44.0 Å². The molecule has 1 atom stereocenters. The van der Waals surface area contributed by atoms with Gasteiger partial charge in [-0.25, -0.2) is 9.78 Å². The highest BCUT2D eigenvalue weighted by Crippen LogP contribution is 2.13. The Morgan fingerprint density at radius 1 is 1.38 bits per heavy atom. The second-order valence-electron chi connectivity index (χ2n) is 5.09. The third-order valence-electron chi connectivity index (χ3n) is 3.40. The van der Waals surface area contributed by atoms with Crippen molar-refractivity contribution in [3.8, 4) is 0 Å². The number of imidazole rings is 1. The number of rotatable bonds is 6. The van der Waals surface area contributed by atoms with Crippen LogP contribution in [0.1, 0.15) is 26.2 Å². The summed E-state index contributed by atoms with van der Waals surface area (Å²) in [5, 5.41) is 9.84. The van der Waals surface area contributed by atoms with Crippen LogP contribution in [-0.4, -0.2) is 36.6 Å². The first-order valence-corrected chi connectivity index (χ1v) is 8.09. The summed E-state index contributed by atoms with van der Waals surface area (Å²) in [5.74, 6) is 0. The molecule has 8 heteroatoms. The van der Waals surface area contributed by atoms with Crippen LogP contribution in [0.3, 0.4) is 0 Å². The third-order valence-corrected chi connectivity index (χ3v) is 3.98. The van der Waals surface area contributed by atoms with Crippen molar-refractivity contribution >= 4 is 22.9 Å². The van der Waals surface area contributed by atoms with Gasteiger partial charge in [0.25, 0.3) is 5.56 Å². The van der Waals surface area contributed by atoms with Gasteiger partial charge in [-0.3, -0.25) is 13.9 Å². The van der Waals surface area contributed by atoms with E-state index in [0.717, 1.165) is 6.42 Å². The minimum absolute atomic E-state index is 0.335. The van der Waals surface area contributed by atoms with Crippen molar-refractivity contribution in [2.24, 2.45) is 7.05 Å². The fraction of sp³-hybridized carbons (Fsp3) is 0.615. The molecule has 1 unspecified atom stereocenters. The van der Waals surface area contributed by atoms with Gasteiger partial charge in [-0.05, 0) is 32.4 Å². The van der Waals surface area contributed by atoms with Crippen LogP contribution in [0.5, 0.6) is 0 Å². The monoisotopic (exact) mass is 312 g/mol. The van der Waals surface area contributed by atoms with Gasteiger partial charge in [0.15, 0.2) is 16.3 Å². The van der Waals surface area contributed by atoms with E-state index in [1.807, 2.05) is 6.26 Å².